The van der Waals surface area contributed by atoms with E-state index in [0.717, 1.165) is 44.3 Å². The van der Waals surface area contributed by atoms with E-state index in [9.17, 15) is 0 Å². The van der Waals surface area contributed by atoms with Gasteiger partial charge in [0.05, 0.1) is 12.2 Å². The van der Waals surface area contributed by atoms with Crippen LogP contribution in [0.5, 0.6) is 0 Å². The molecule has 1 heterocycles. The van der Waals surface area contributed by atoms with Crippen LogP contribution >= 0.6 is 0 Å². The van der Waals surface area contributed by atoms with Crippen LogP contribution in [0.15, 0.2) is 35.3 Å². The fraction of sp³-hybridized carbons (Fsp3) is 0.524. The van der Waals surface area contributed by atoms with Gasteiger partial charge in [0.2, 0.25) is 0 Å². The number of aliphatic imine (C=N–C) groups is 1. The maximum atomic E-state index is 4.73. The molecule has 0 amide bonds. The lowest BCUT2D eigenvalue weighted by atomic mass is 10.1. The van der Waals surface area contributed by atoms with Crippen LogP contribution < -0.4 is 10.6 Å². The number of hydrogen-bond acceptors (Lipinski definition) is 3. The predicted molar refractivity (Wildman–Crippen MR) is 113 cm³/mol. The molecular formula is C21H34N6. The summed E-state index contributed by atoms with van der Waals surface area (Å²) < 4.78 is 2.07. The van der Waals surface area contributed by atoms with Crippen molar-refractivity contribution in [3.63, 3.8) is 0 Å². The molecule has 0 spiro atoms. The third-order valence-corrected chi connectivity index (χ3v) is 4.20. The molecule has 6 heteroatoms. The maximum absolute atomic E-state index is 4.73. The molecule has 0 fully saturated rings. The van der Waals surface area contributed by atoms with Crippen molar-refractivity contribution < 1.29 is 0 Å². The average molecular weight is 371 g/mol. The average Bonchev–Trinajstić information content (AvgIpc) is 2.93. The fourth-order valence-electron chi connectivity index (χ4n) is 3.04. The van der Waals surface area contributed by atoms with E-state index in [2.05, 4.69) is 83.6 Å². The van der Waals surface area contributed by atoms with E-state index in [0.29, 0.717) is 6.54 Å². The Labute approximate surface area is 163 Å². The standard InChI is InChI=1S/C21H34N6/c1-6-22-21(23-11-8-12-27-18(3)13-17(2)25-27)24-15-19-9-7-10-20(14-19)16-26(4)5/h7,9-10,13-14H,6,8,11-12,15-16H2,1-5H3,(H2,22,23,24). The summed E-state index contributed by atoms with van der Waals surface area (Å²) in [5.74, 6) is 0.865. The molecule has 27 heavy (non-hydrogen) atoms. The Morgan fingerprint density at radius 2 is 1.93 bits per heavy atom. The summed E-state index contributed by atoms with van der Waals surface area (Å²) in [7, 11) is 4.17. The highest BCUT2D eigenvalue weighted by molar-refractivity contribution is 5.79. The van der Waals surface area contributed by atoms with Gasteiger partial charge in [0.1, 0.15) is 0 Å². The van der Waals surface area contributed by atoms with Gasteiger partial charge in [0, 0.05) is 31.9 Å². The summed E-state index contributed by atoms with van der Waals surface area (Å²) >= 11 is 0. The number of aryl methyl sites for hydroxylation is 3. The van der Waals surface area contributed by atoms with E-state index in [4.69, 9.17) is 4.99 Å². The molecule has 6 nitrogen and oxygen atoms in total. The number of nitrogens with one attached hydrogen (secondary N) is 2. The summed E-state index contributed by atoms with van der Waals surface area (Å²) in [5, 5.41) is 11.3. The summed E-state index contributed by atoms with van der Waals surface area (Å²) in [6, 6.07) is 10.8. The van der Waals surface area contributed by atoms with Gasteiger partial charge in [-0.3, -0.25) is 4.68 Å². The molecular weight excluding hydrogens is 336 g/mol. The highest BCUT2D eigenvalue weighted by Crippen LogP contribution is 2.08. The zero-order valence-electron chi connectivity index (χ0n) is 17.4. The first-order chi connectivity index (χ1) is 13.0. The third-order valence-electron chi connectivity index (χ3n) is 4.20. The van der Waals surface area contributed by atoms with Crippen LogP contribution in [-0.4, -0.2) is 47.8 Å². The van der Waals surface area contributed by atoms with Gasteiger partial charge in [-0.05, 0) is 58.5 Å². The van der Waals surface area contributed by atoms with E-state index in [1.54, 1.807) is 0 Å². The Morgan fingerprint density at radius 3 is 2.59 bits per heavy atom. The lowest BCUT2D eigenvalue weighted by molar-refractivity contribution is 0.402. The molecule has 1 aromatic heterocycles. The number of aromatic nitrogens is 2. The zero-order valence-corrected chi connectivity index (χ0v) is 17.4. The normalized spacial score (nSPS) is 11.9. The van der Waals surface area contributed by atoms with Crippen molar-refractivity contribution in [1.82, 2.24) is 25.3 Å². The Hall–Kier alpha value is -2.34. The van der Waals surface area contributed by atoms with Crippen LogP contribution in [-0.2, 0) is 19.6 Å². The molecule has 0 atom stereocenters. The Bertz CT molecular complexity index is 732. The second-order valence-electron chi connectivity index (χ2n) is 7.18. The first-order valence-corrected chi connectivity index (χ1v) is 9.73. The molecule has 0 aliphatic heterocycles. The van der Waals surface area contributed by atoms with Gasteiger partial charge in [-0.2, -0.15) is 5.10 Å². The van der Waals surface area contributed by atoms with Crippen molar-refractivity contribution in [3.8, 4) is 0 Å². The van der Waals surface area contributed by atoms with Crippen molar-refractivity contribution in [3.05, 3.63) is 52.8 Å². The van der Waals surface area contributed by atoms with Crippen molar-refractivity contribution in [2.75, 3.05) is 27.2 Å². The minimum atomic E-state index is 0.675. The van der Waals surface area contributed by atoms with E-state index < -0.39 is 0 Å². The topological polar surface area (TPSA) is 57.5 Å². The number of rotatable bonds is 9. The maximum Gasteiger partial charge on any atom is 0.191 e. The smallest absolute Gasteiger partial charge is 0.191 e. The van der Waals surface area contributed by atoms with Crippen molar-refractivity contribution in [2.24, 2.45) is 4.99 Å². The van der Waals surface area contributed by atoms with Gasteiger partial charge in [-0.25, -0.2) is 4.99 Å². The van der Waals surface area contributed by atoms with Crippen molar-refractivity contribution in [2.45, 2.75) is 46.8 Å². The molecule has 2 N–H and O–H groups in total. The number of guanidine groups is 1. The molecule has 148 valence electrons. The highest BCUT2D eigenvalue weighted by Gasteiger charge is 2.02. The largest absolute Gasteiger partial charge is 0.357 e. The zero-order chi connectivity index (χ0) is 19.6. The van der Waals surface area contributed by atoms with Crippen LogP contribution in [0.1, 0.15) is 35.9 Å². The molecule has 0 aliphatic carbocycles. The van der Waals surface area contributed by atoms with Gasteiger partial charge >= 0.3 is 0 Å². The monoisotopic (exact) mass is 370 g/mol. The minimum absolute atomic E-state index is 0.675. The van der Waals surface area contributed by atoms with Gasteiger partial charge in [0.15, 0.2) is 5.96 Å². The lowest BCUT2D eigenvalue weighted by Gasteiger charge is -2.13. The lowest BCUT2D eigenvalue weighted by Crippen LogP contribution is -2.38. The second kappa shape index (κ2) is 10.7. The predicted octanol–water partition coefficient (Wildman–Crippen LogP) is 2.71. The number of benzene rings is 1. The quantitative estimate of drug-likeness (QED) is 0.405. The van der Waals surface area contributed by atoms with Crippen molar-refractivity contribution >= 4 is 5.96 Å². The molecule has 0 saturated heterocycles. The SMILES string of the molecule is CCNC(=NCc1cccc(CN(C)C)c1)NCCCn1nc(C)cc1C. The van der Waals surface area contributed by atoms with Crippen molar-refractivity contribution in [1.29, 1.82) is 0 Å². The summed E-state index contributed by atoms with van der Waals surface area (Å²) in [6.45, 7) is 10.5. The Morgan fingerprint density at radius 1 is 1.15 bits per heavy atom. The van der Waals surface area contributed by atoms with E-state index in [1.807, 2.05) is 6.92 Å². The van der Waals surface area contributed by atoms with E-state index in [1.165, 1.54) is 16.8 Å². The molecule has 1 aromatic carbocycles. The second-order valence-corrected chi connectivity index (χ2v) is 7.18. The Kier molecular flexibility index (Phi) is 8.33. The molecule has 0 bridgehead atoms. The van der Waals surface area contributed by atoms with Crippen LogP contribution in [0.3, 0.4) is 0 Å². The first kappa shape index (κ1) is 21.0. The van der Waals surface area contributed by atoms with Gasteiger partial charge < -0.3 is 15.5 Å². The molecule has 0 saturated carbocycles. The van der Waals surface area contributed by atoms with E-state index >= 15 is 0 Å². The third kappa shape index (κ3) is 7.43. The van der Waals surface area contributed by atoms with Gasteiger partial charge in [-0.15, -0.1) is 0 Å². The van der Waals surface area contributed by atoms with Crippen LogP contribution in [0.2, 0.25) is 0 Å². The van der Waals surface area contributed by atoms with Crippen LogP contribution in [0.25, 0.3) is 0 Å². The first-order valence-electron chi connectivity index (χ1n) is 9.73. The minimum Gasteiger partial charge on any atom is -0.357 e. The molecule has 2 aromatic rings. The van der Waals surface area contributed by atoms with Gasteiger partial charge in [-0.1, -0.05) is 24.3 Å². The summed E-state index contributed by atoms with van der Waals surface area (Å²) in [4.78, 5) is 6.91. The summed E-state index contributed by atoms with van der Waals surface area (Å²) in [6.07, 6.45) is 1.00. The Balaban J connectivity index is 1.85. The molecule has 0 unspecified atom stereocenters. The molecule has 0 aliphatic rings. The fourth-order valence-corrected chi connectivity index (χ4v) is 3.04. The van der Waals surface area contributed by atoms with Crippen LogP contribution in [0, 0.1) is 13.8 Å². The molecule has 2 rings (SSSR count). The van der Waals surface area contributed by atoms with Crippen LogP contribution in [0.4, 0.5) is 0 Å². The molecule has 0 radical (unpaired) electrons. The summed E-state index contributed by atoms with van der Waals surface area (Å²) in [5.41, 5.74) is 4.84. The van der Waals surface area contributed by atoms with Gasteiger partial charge in [0.25, 0.3) is 0 Å². The van der Waals surface area contributed by atoms with E-state index in [-0.39, 0.29) is 0 Å². The number of nitrogens with zero attached hydrogens (tertiary/aromatic N) is 4. The number of hydrogen-bond donors (Lipinski definition) is 2. The highest BCUT2D eigenvalue weighted by atomic mass is 15.3.